The highest BCUT2D eigenvalue weighted by Gasteiger charge is 2.25. The first kappa shape index (κ1) is 15.6. The van der Waals surface area contributed by atoms with E-state index < -0.39 is 0 Å². The molecule has 1 aliphatic heterocycles. The van der Waals surface area contributed by atoms with Crippen molar-refractivity contribution in [2.75, 3.05) is 5.32 Å². The smallest absolute Gasteiger partial charge is 0.275 e. The van der Waals surface area contributed by atoms with Gasteiger partial charge >= 0.3 is 0 Å². The fourth-order valence-corrected chi connectivity index (χ4v) is 2.94. The second kappa shape index (κ2) is 6.53. The Labute approximate surface area is 153 Å². The molecular formula is C20H13BrN2O2. The van der Waals surface area contributed by atoms with E-state index in [0.717, 1.165) is 21.5 Å². The molecule has 0 bridgehead atoms. The van der Waals surface area contributed by atoms with Gasteiger partial charge in [-0.05, 0) is 54.6 Å². The van der Waals surface area contributed by atoms with E-state index in [1.165, 1.54) is 0 Å². The van der Waals surface area contributed by atoms with Crippen LogP contribution in [-0.2, 0) is 4.79 Å². The maximum atomic E-state index is 12.2. The third kappa shape index (κ3) is 3.32. The summed E-state index contributed by atoms with van der Waals surface area (Å²) in [6.07, 6.45) is 0. The van der Waals surface area contributed by atoms with Crippen molar-refractivity contribution in [3.63, 3.8) is 0 Å². The van der Waals surface area contributed by atoms with E-state index in [1.807, 2.05) is 72.8 Å². The number of amides is 1. The molecule has 3 aromatic rings. The summed E-state index contributed by atoms with van der Waals surface area (Å²) in [7, 11) is 0. The maximum absolute atomic E-state index is 12.2. The Morgan fingerprint density at radius 1 is 0.880 bits per heavy atom. The summed E-state index contributed by atoms with van der Waals surface area (Å²) < 4.78 is 6.67. The first-order valence-corrected chi connectivity index (χ1v) is 8.51. The fraction of sp³-hybridized carbons (Fsp3) is 0. The highest BCUT2D eigenvalue weighted by molar-refractivity contribution is 9.10. The molecule has 0 spiro atoms. The number of ether oxygens (including phenoxy) is 1. The van der Waals surface area contributed by atoms with E-state index in [2.05, 4.69) is 26.2 Å². The molecule has 3 aromatic carbocycles. The summed E-state index contributed by atoms with van der Waals surface area (Å²) in [5.41, 5.74) is 2.67. The molecule has 0 radical (unpaired) electrons. The number of carbonyl (C=O) groups is 1. The molecule has 0 fully saturated rings. The lowest BCUT2D eigenvalue weighted by molar-refractivity contribution is -0.110. The van der Waals surface area contributed by atoms with E-state index in [0.29, 0.717) is 17.1 Å². The van der Waals surface area contributed by atoms with Gasteiger partial charge in [0.15, 0.2) is 0 Å². The summed E-state index contributed by atoms with van der Waals surface area (Å²) in [4.78, 5) is 16.7. The molecule has 0 aliphatic carbocycles. The van der Waals surface area contributed by atoms with E-state index in [-0.39, 0.29) is 5.91 Å². The number of hydrogen-bond acceptors (Lipinski definition) is 3. The minimum Gasteiger partial charge on any atom is -0.457 e. The Morgan fingerprint density at radius 3 is 2.36 bits per heavy atom. The number of nitrogens with zero attached hydrogens (tertiary/aromatic N) is 1. The molecule has 1 amide bonds. The van der Waals surface area contributed by atoms with Crippen molar-refractivity contribution in [3.8, 4) is 11.5 Å². The van der Waals surface area contributed by atoms with Crippen molar-refractivity contribution < 1.29 is 9.53 Å². The fourth-order valence-electron chi connectivity index (χ4n) is 2.58. The number of benzene rings is 3. The minimum atomic E-state index is -0.197. The largest absolute Gasteiger partial charge is 0.457 e. The monoisotopic (exact) mass is 392 g/mol. The molecule has 4 nitrogen and oxygen atoms in total. The molecule has 122 valence electrons. The number of anilines is 1. The number of halogens is 1. The van der Waals surface area contributed by atoms with Gasteiger partial charge in [-0.25, -0.2) is 4.99 Å². The van der Waals surface area contributed by atoms with Crippen LogP contribution in [0.2, 0.25) is 0 Å². The summed E-state index contributed by atoms with van der Waals surface area (Å²) in [6.45, 7) is 0. The zero-order valence-electron chi connectivity index (χ0n) is 13.1. The Kier molecular flexibility index (Phi) is 4.07. The van der Waals surface area contributed by atoms with Crippen molar-refractivity contribution in [1.29, 1.82) is 0 Å². The van der Waals surface area contributed by atoms with Gasteiger partial charge < -0.3 is 10.1 Å². The second-order valence-electron chi connectivity index (χ2n) is 5.51. The Morgan fingerprint density at radius 2 is 1.60 bits per heavy atom. The van der Waals surface area contributed by atoms with E-state index in [9.17, 15) is 4.79 Å². The van der Waals surface area contributed by atoms with Gasteiger partial charge in [-0.15, -0.1) is 0 Å². The zero-order chi connectivity index (χ0) is 17.2. The quantitative estimate of drug-likeness (QED) is 0.655. The number of para-hydroxylation sites is 1. The molecular weight excluding hydrogens is 380 g/mol. The van der Waals surface area contributed by atoms with Crippen LogP contribution in [-0.4, -0.2) is 11.6 Å². The van der Waals surface area contributed by atoms with E-state index >= 15 is 0 Å². The zero-order valence-corrected chi connectivity index (χ0v) is 14.7. The van der Waals surface area contributed by atoms with Crippen molar-refractivity contribution in [1.82, 2.24) is 0 Å². The summed E-state index contributed by atoms with van der Waals surface area (Å²) >= 11 is 3.43. The summed E-state index contributed by atoms with van der Waals surface area (Å²) in [6, 6.07) is 22.5. The van der Waals surface area contributed by atoms with Crippen LogP contribution in [0.1, 0.15) is 5.56 Å². The first-order valence-electron chi connectivity index (χ1n) is 7.72. The van der Waals surface area contributed by atoms with Gasteiger partial charge in [0.25, 0.3) is 5.91 Å². The SMILES string of the molecule is O=C1Nc2ccc(Br)cc2C1=Nc1ccc(Oc2ccccc2)cc1. The third-order valence-electron chi connectivity index (χ3n) is 3.76. The molecule has 25 heavy (non-hydrogen) atoms. The van der Waals surface area contributed by atoms with Gasteiger partial charge in [0, 0.05) is 10.0 Å². The number of carbonyl (C=O) groups excluding carboxylic acids is 1. The van der Waals surface area contributed by atoms with Crippen molar-refractivity contribution in [3.05, 3.63) is 82.8 Å². The molecule has 0 saturated heterocycles. The predicted octanol–water partition coefficient (Wildman–Crippen LogP) is 5.31. The van der Waals surface area contributed by atoms with Gasteiger partial charge in [0.1, 0.15) is 17.2 Å². The van der Waals surface area contributed by atoms with Crippen LogP contribution in [0, 0.1) is 0 Å². The molecule has 1 aliphatic rings. The van der Waals surface area contributed by atoms with Gasteiger partial charge in [-0.1, -0.05) is 34.1 Å². The van der Waals surface area contributed by atoms with Gasteiger partial charge in [0.05, 0.1) is 11.4 Å². The van der Waals surface area contributed by atoms with E-state index in [1.54, 1.807) is 0 Å². The molecule has 5 heteroatoms. The molecule has 0 aromatic heterocycles. The molecule has 1 N–H and O–H groups in total. The van der Waals surface area contributed by atoms with Crippen molar-refractivity contribution >= 4 is 38.9 Å². The maximum Gasteiger partial charge on any atom is 0.275 e. The number of rotatable bonds is 3. The highest BCUT2D eigenvalue weighted by atomic mass is 79.9. The standard InChI is InChI=1S/C20H13BrN2O2/c21-13-6-11-18-17(12-13)19(20(24)23-18)22-14-7-9-16(10-8-14)25-15-4-2-1-3-5-15/h1-12H,(H,22,23,24). The van der Waals surface area contributed by atoms with Crippen LogP contribution < -0.4 is 10.1 Å². The van der Waals surface area contributed by atoms with Gasteiger partial charge in [-0.3, -0.25) is 4.79 Å². The number of nitrogens with one attached hydrogen (secondary N) is 1. The molecule has 0 saturated carbocycles. The predicted molar refractivity (Wildman–Crippen MR) is 102 cm³/mol. The van der Waals surface area contributed by atoms with Crippen LogP contribution in [0.5, 0.6) is 11.5 Å². The van der Waals surface area contributed by atoms with Crippen molar-refractivity contribution in [2.24, 2.45) is 4.99 Å². The average Bonchev–Trinajstić information content (AvgIpc) is 2.93. The molecule has 4 rings (SSSR count). The lowest BCUT2D eigenvalue weighted by Crippen LogP contribution is -2.13. The van der Waals surface area contributed by atoms with Crippen LogP contribution in [0.25, 0.3) is 0 Å². The Hall–Kier alpha value is -2.92. The minimum absolute atomic E-state index is 0.197. The highest BCUT2D eigenvalue weighted by Crippen LogP contribution is 2.29. The van der Waals surface area contributed by atoms with Gasteiger partial charge in [-0.2, -0.15) is 0 Å². The summed E-state index contributed by atoms with van der Waals surface area (Å²) in [5, 5.41) is 2.82. The molecule has 1 heterocycles. The normalized spacial score (nSPS) is 14.3. The Bertz CT molecular complexity index is 967. The van der Waals surface area contributed by atoms with Crippen LogP contribution in [0.3, 0.4) is 0 Å². The number of hydrogen-bond donors (Lipinski definition) is 1. The summed E-state index contributed by atoms with van der Waals surface area (Å²) in [5.74, 6) is 1.29. The number of aliphatic imine (C=N–C) groups is 1. The lowest BCUT2D eigenvalue weighted by atomic mass is 10.1. The molecule has 0 unspecified atom stereocenters. The topological polar surface area (TPSA) is 50.7 Å². The second-order valence-corrected chi connectivity index (χ2v) is 6.43. The van der Waals surface area contributed by atoms with Crippen LogP contribution >= 0.6 is 15.9 Å². The van der Waals surface area contributed by atoms with Crippen LogP contribution in [0.15, 0.2) is 82.3 Å². The molecule has 0 atom stereocenters. The van der Waals surface area contributed by atoms with E-state index in [4.69, 9.17) is 4.74 Å². The Balaban J connectivity index is 1.60. The van der Waals surface area contributed by atoms with Gasteiger partial charge in [0.2, 0.25) is 0 Å². The van der Waals surface area contributed by atoms with Crippen LogP contribution in [0.4, 0.5) is 11.4 Å². The average molecular weight is 393 g/mol. The third-order valence-corrected chi connectivity index (χ3v) is 4.25. The lowest BCUT2D eigenvalue weighted by Gasteiger charge is -2.05. The first-order chi connectivity index (χ1) is 12.2. The van der Waals surface area contributed by atoms with Crippen molar-refractivity contribution in [2.45, 2.75) is 0 Å². The number of fused-ring (bicyclic) bond motifs is 1.